The average molecular weight is 258 g/mol. The lowest BCUT2D eigenvalue weighted by molar-refractivity contribution is 0.191. The van der Waals surface area contributed by atoms with E-state index in [1.165, 1.54) is 12.1 Å². The number of nitrogens with one attached hydrogen (secondary N) is 1. The van der Waals surface area contributed by atoms with Crippen molar-refractivity contribution in [2.45, 2.75) is 30.7 Å². The third kappa shape index (κ3) is 3.18. The van der Waals surface area contributed by atoms with Crippen LogP contribution in [-0.2, 0) is 10.0 Å². The molecule has 0 fully saturated rings. The maximum Gasteiger partial charge on any atom is 0.243 e. The second-order valence-corrected chi connectivity index (χ2v) is 5.87. The monoisotopic (exact) mass is 258 g/mol. The van der Waals surface area contributed by atoms with Crippen LogP contribution < -0.4 is 10.5 Å². The van der Waals surface area contributed by atoms with Crippen molar-refractivity contribution >= 4 is 15.7 Å². The van der Waals surface area contributed by atoms with E-state index in [9.17, 15) is 13.5 Å². The SMILES string of the molecule is CCC(C)(CO)NS(=O)(=O)c1ccccc1N. The van der Waals surface area contributed by atoms with Crippen LogP contribution in [0, 0.1) is 0 Å². The number of nitrogens with two attached hydrogens (primary N) is 1. The molecule has 17 heavy (non-hydrogen) atoms. The molecule has 0 bridgehead atoms. The summed E-state index contributed by atoms with van der Waals surface area (Å²) in [6.07, 6.45) is 0.482. The summed E-state index contributed by atoms with van der Waals surface area (Å²) in [6, 6.07) is 6.23. The molecule has 1 aromatic carbocycles. The quantitative estimate of drug-likeness (QED) is 0.678. The number of aliphatic hydroxyl groups is 1. The first-order valence-electron chi connectivity index (χ1n) is 5.34. The van der Waals surface area contributed by atoms with E-state index in [-0.39, 0.29) is 17.2 Å². The van der Waals surface area contributed by atoms with Gasteiger partial charge in [0.05, 0.1) is 17.8 Å². The van der Waals surface area contributed by atoms with Gasteiger partial charge >= 0.3 is 0 Å². The summed E-state index contributed by atoms with van der Waals surface area (Å²) in [5.74, 6) is 0. The van der Waals surface area contributed by atoms with E-state index < -0.39 is 15.6 Å². The largest absolute Gasteiger partial charge is 0.398 e. The van der Waals surface area contributed by atoms with Crippen LogP contribution in [0.2, 0.25) is 0 Å². The van der Waals surface area contributed by atoms with Gasteiger partial charge < -0.3 is 10.8 Å². The minimum absolute atomic E-state index is 0.0353. The Balaban J connectivity index is 3.10. The zero-order valence-corrected chi connectivity index (χ0v) is 10.8. The number of nitrogen functional groups attached to an aromatic ring is 1. The Morgan fingerprint density at radius 3 is 2.47 bits per heavy atom. The van der Waals surface area contributed by atoms with Gasteiger partial charge in [0.1, 0.15) is 4.90 Å². The highest BCUT2D eigenvalue weighted by atomic mass is 32.2. The number of anilines is 1. The summed E-state index contributed by atoms with van der Waals surface area (Å²) in [7, 11) is -3.71. The molecule has 0 aliphatic rings. The Bertz CT molecular complexity index is 481. The Labute approximate surface area is 102 Å². The van der Waals surface area contributed by atoms with Gasteiger partial charge in [-0.15, -0.1) is 0 Å². The smallest absolute Gasteiger partial charge is 0.243 e. The topological polar surface area (TPSA) is 92.4 Å². The molecular formula is C11H18N2O3S. The van der Waals surface area contributed by atoms with Crippen molar-refractivity contribution in [2.75, 3.05) is 12.3 Å². The van der Waals surface area contributed by atoms with Gasteiger partial charge in [0, 0.05) is 0 Å². The maximum absolute atomic E-state index is 12.1. The Kier molecular flexibility index (Phi) is 4.13. The van der Waals surface area contributed by atoms with E-state index in [0.29, 0.717) is 6.42 Å². The minimum atomic E-state index is -3.71. The third-order valence-corrected chi connectivity index (χ3v) is 4.43. The molecule has 1 aromatic rings. The zero-order valence-electron chi connectivity index (χ0n) is 9.97. The van der Waals surface area contributed by atoms with Gasteiger partial charge in [0.2, 0.25) is 10.0 Å². The van der Waals surface area contributed by atoms with Crippen molar-refractivity contribution in [3.63, 3.8) is 0 Å². The highest BCUT2D eigenvalue weighted by Crippen LogP contribution is 2.20. The standard InChI is InChI=1S/C11H18N2O3S/c1-3-11(2,8-14)13-17(15,16)10-7-5-4-6-9(10)12/h4-7,13-14H,3,8,12H2,1-2H3. The van der Waals surface area contributed by atoms with Crippen molar-refractivity contribution in [1.29, 1.82) is 0 Å². The number of sulfonamides is 1. The molecule has 96 valence electrons. The van der Waals surface area contributed by atoms with E-state index in [4.69, 9.17) is 5.73 Å². The van der Waals surface area contributed by atoms with E-state index in [1.54, 1.807) is 26.0 Å². The molecule has 0 spiro atoms. The van der Waals surface area contributed by atoms with E-state index in [2.05, 4.69) is 4.72 Å². The molecule has 6 heteroatoms. The highest BCUT2D eigenvalue weighted by molar-refractivity contribution is 7.89. The molecule has 0 saturated carbocycles. The first kappa shape index (κ1) is 14.0. The summed E-state index contributed by atoms with van der Waals surface area (Å²) in [4.78, 5) is 0.0353. The van der Waals surface area contributed by atoms with Crippen LogP contribution in [0.1, 0.15) is 20.3 Å². The van der Waals surface area contributed by atoms with Crippen molar-refractivity contribution in [3.05, 3.63) is 24.3 Å². The van der Waals surface area contributed by atoms with Crippen LogP contribution in [0.5, 0.6) is 0 Å². The summed E-state index contributed by atoms with van der Waals surface area (Å²) < 4.78 is 26.6. The van der Waals surface area contributed by atoms with Crippen LogP contribution >= 0.6 is 0 Å². The number of aliphatic hydroxyl groups excluding tert-OH is 1. The number of benzene rings is 1. The van der Waals surface area contributed by atoms with Gasteiger partial charge in [0.25, 0.3) is 0 Å². The van der Waals surface area contributed by atoms with Gasteiger partial charge in [-0.05, 0) is 25.5 Å². The predicted octanol–water partition coefficient (Wildman–Crippen LogP) is 0.708. The maximum atomic E-state index is 12.1. The van der Waals surface area contributed by atoms with Crippen LogP contribution in [0.4, 0.5) is 5.69 Å². The number of hydrogen-bond donors (Lipinski definition) is 3. The molecule has 1 atom stereocenters. The Morgan fingerprint density at radius 1 is 1.41 bits per heavy atom. The second-order valence-electron chi connectivity index (χ2n) is 4.22. The van der Waals surface area contributed by atoms with Gasteiger partial charge in [-0.3, -0.25) is 0 Å². The molecule has 0 aliphatic carbocycles. The molecule has 0 amide bonds. The Morgan fingerprint density at radius 2 is 2.00 bits per heavy atom. The predicted molar refractivity (Wildman–Crippen MR) is 67.0 cm³/mol. The van der Waals surface area contributed by atoms with Crippen molar-refractivity contribution in [2.24, 2.45) is 0 Å². The van der Waals surface area contributed by atoms with Gasteiger partial charge in [-0.25, -0.2) is 13.1 Å². The molecule has 5 nitrogen and oxygen atoms in total. The third-order valence-electron chi connectivity index (χ3n) is 2.72. The number of para-hydroxylation sites is 1. The molecule has 0 radical (unpaired) electrons. The highest BCUT2D eigenvalue weighted by Gasteiger charge is 2.29. The van der Waals surface area contributed by atoms with Gasteiger partial charge in [0.15, 0.2) is 0 Å². The van der Waals surface area contributed by atoms with Crippen molar-refractivity contribution in [3.8, 4) is 0 Å². The number of rotatable bonds is 5. The Hall–Kier alpha value is -1.11. The lowest BCUT2D eigenvalue weighted by atomic mass is 10.0. The molecule has 0 aromatic heterocycles. The molecule has 0 saturated heterocycles. The number of hydrogen-bond acceptors (Lipinski definition) is 4. The summed E-state index contributed by atoms with van der Waals surface area (Å²) in [5, 5.41) is 9.21. The van der Waals surface area contributed by atoms with E-state index in [0.717, 1.165) is 0 Å². The van der Waals surface area contributed by atoms with E-state index >= 15 is 0 Å². The lowest BCUT2D eigenvalue weighted by Gasteiger charge is -2.27. The fourth-order valence-corrected chi connectivity index (χ4v) is 2.92. The summed E-state index contributed by atoms with van der Waals surface area (Å²) in [6.45, 7) is 3.17. The van der Waals surface area contributed by atoms with Gasteiger partial charge in [-0.1, -0.05) is 19.1 Å². The van der Waals surface area contributed by atoms with Crippen LogP contribution in [0.3, 0.4) is 0 Å². The fourth-order valence-electron chi connectivity index (χ4n) is 1.32. The second kappa shape index (κ2) is 5.03. The van der Waals surface area contributed by atoms with Crippen LogP contribution in [-0.4, -0.2) is 25.7 Å². The molecular weight excluding hydrogens is 240 g/mol. The van der Waals surface area contributed by atoms with Crippen molar-refractivity contribution in [1.82, 2.24) is 4.72 Å². The molecule has 1 rings (SSSR count). The van der Waals surface area contributed by atoms with E-state index in [1.807, 2.05) is 0 Å². The molecule has 0 aliphatic heterocycles. The van der Waals surface area contributed by atoms with Crippen LogP contribution in [0.25, 0.3) is 0 Å². The summed E-state index contributed by atoms with van der Waals surface area (Å²) in [5.41, 5.74) is 4.94. The first-order valence-corrected chi connectivity index (χ1v) is 6.82. The zero-order chi connectivity index (χ0) is 13.1. The van der Waals surface area contributed by atoms with Crippen LogP contribution in [0.15, 0.2) is 29.2 Å². The minimum Gasteiger partial charge on any atom is -0.398 e. The molecule has 4 N–H and O–H groups in total. The normalized spacial score (nSPS) is 15.5. The lowest BCUT2D eigenvalue weighted by Crippen LogP contribution is -2.48. The molecule has 0 heterocycles. The molecule has 1 unspecified atom stereocenters. The van der Waals surface area contributed by atoms with Crippen molar-refractivity contribution < 1.29 is 13.5 Å². The first-order chi connectivity index (χ1) is 7.84. The fraction of sp³-hybridized carbons (Fsp3) is 0.455. The van der Waals surface area contributed by atoms with Gasteiger partial charge in [-0.2, -0.15) is 0 Å². The summed E-state index contributed by atoms with van der Waals surface area (Å²) >= 11 is 0. The average Bonchev–Trinajstić information content (AvgIpc) is 2.28.